The topological polar surface area (TPSA) is 62.3 Å². The monoisotopic (exact) mass is 371 g/mol. The van der Waals surface area contributed by atoms with E-state index in [0.717, 1.165) is 11.1 Å². The molecule has 2 amide bonds. The summed E-state index contributed by atoms with van der Waals surface area (Å²) in [5.41, 5.74) is 1.89. The van der Waals surface area contributed by atoms with E-state index in [4.69, 9.17) is 11.6 Å². The first kappa shape index (κ1) is 18.4. The van der Waals surface area contributed by atoms with E-state index in [9.17, 15) is 9.59 Å². The number of pyridine rings is 1. The number of hydrogen-bond acceptors (Lipinski definition) is 3. The molecule has 0 unspecified atom stereocenters. The Hall–Kier alpha value is -2.40. The van der Waals surface area contributed by atoms with Crippen molar-refractivity contribution in [2.24, 2.45) is 5.92 Å². The molecule has 2 atom stereocenters. The Labute approximate surface area is 158 Å². The summed E-state index contributed by atoms with van der Waals surface area (Å²) in [5.74, 6) is -0.263. The quantitative estimate of drug-likeness (QED) is 0.876. The number of rotatable bonds is 5. The summed E-state index contributed by atoms with van der Waals surface area (Å²) in [4.78, 5) is 31.1. The standard InChI is InChI=1S/C20H22ClN3O2/c1-2-24-18(25)7-6-17(19(24)15-4-3-5-16(21)12-15)20(26)23-13-14-8-10-22-11-9-14/h3-5,8-12,17,19H,2,6-7,13H2,1H3,(H,23,26)/t17-,19+/m1/s1. The van der Waals surface area contributed by atoms with Crippen molar-refractivity contribution in [1.29, 1.82) is 0 Å². The van der Waals surface area contributed by atoms with Crippen molar-refractivity contribution in [3.8, 4) is 0 Å². The molecule has 1 saturated heterocycles. The van der Waals surface area contributed by atoms with Crippen molar-refractivity contribution >= 4 is 23.4 Å². The first-order valence-corrected chi connectivity index (χ1v) is 9.19. The summed E-state index contributed by atoms with van der Waals surface area (Å²) in [5, 5.41) is 3.61. The van der Waals surface area contributed by atoms with Crippen molar-refractivity contribution in [2.75, 3.05) is 6.54 Å². The second kappa shape index (κ2) is 8.32. The van der Waals surface area contributed by atoms with Gasteiger partial charge in [-0.1, -0.05) is 23.7 Å². The molecule has 0 saturated carbocycles. The van der Waals surface area contributed by atoms with E-state index in [1.54, 1.807) is 23.4 Å². The minimum atomic E-state index is -0.298. The van der Waals surface area contributed by atoms with Crippen molar-refractivity contribution in [1.82, 2.24) is 15.2 Å². The van der Waals surface area contributed by atoms with Gasteiger partial charge in [-0.15, -0.1) is 0 Å². The van der Waals surface area contributed by atoms with E-state index < -0.39 is 0 Å². The average Bonchev–Trinajstić information content (AvgIpc) is 2.66. The van der Waals surface area contributed by atoms with Gasteiger partial charge in [0.25, 0.3) is 0 Å². The van der Waals surface area contributed by atoms with Gasteiger partial charge in [-0.05, 0) is 48.7 Å². The van der Waals surface area contributed by atoms with Crippen molar-refractivity contribution in [3.63, 3.8) is 0 Å². The summed E-state index contributed by atoms with van der Waals surface area (Å²) in [6.07, 6.45) is 4.33. The van der Waals surface area contributed by atoms with E-state index in [2.05, 4.69) is 10.3 Å². The summed E-state index contributed by atoms with van der Waals surface area (Å²) in [7, 11) is 0. The van der Waals surface area contributed by atoms with Crippen LogP contribution in [0.25, 0.3) is 0 Å². The molecule has 1 aliphatic rings. The molecule has 26 heavy (non-hydrogen) atoms. The first-order chi connectivity index (χ1) is 12.6. The van der Waals surface area contributed by atoms with Crippen LogP contribution in [0.15, 0.2) is 48.8 Å². The smallest absolute Gasteiger partial charge is 0.225 e. The predicted octanol–water partition coefficient (Wildman–Crippen LogP) is 3.35. The van der Waals surface area contributed by atoms with E-state index in [1.165, 1.54) is 0 Å². The molecule has 1 aliphatic heterocycles. The first-order valence-electron chi connectivity index (χ1n) is 8.81. The lowest BCUT2D eigenvalue weighted by atomic mass is 9.83. The molecule has 1 aromatic heterocycles. The molecule has 5 nitrogen and oxygen atoms in total. The van der Waals surface area contributed by atoms with Gasteiger partial charge < -0.3 is 10.2 Å². The van der Waals surface area contributed by atoms with Gasteiger partial charge in [-0.3, -0.25) is 14.6 Å². The van der Waals surface area contributed by atoms with Crippen molar-refractivity contribution in [3.05, 3.63) is 64.9 Å². The molecular formula is C20H22ClN3O2. The molecule has 2 heterocycles. The molecule has 0 bridgehead atoms. The van der Waals surface area contributed by atoms with Gasteiger partial charge in [0.15, 0.2) is 0 Å². The number of piperidine rings is 1. The molecule has 1 fully saturated rings. The fraction of sp³-hybridized carbons (Fsp3) is 0.350. The number of likely N-dealkylation sites (tertiary alicyclic amines) is 1. The van der Waals surface area contributed by atoms with Crippen LogP contribution in [0.3, 0.4) is 0 Å². The Balaban J connectivity index is 1.82. The molecule has 136 valence electrons. The zero-order valence-corrected chi connectivity index (χ0v) is 15.4. The maximum atomic E-state index is 12.9. The van der Waals surface area contributed by atoms with Gasteiger partial charge >= 0.3 is 0 Å². The molecule has 3 rings (SSSR count). The number of aromatic nitrogens is 1. The highest BCUT2D eigenvalue weighted by atomic mass is 35.5. The van der Waals surface area contributed by atoms with Crippen LogP contribution in [-0.2, 0) is 16.1 Å². The van der Waals surface area contributed by atoms with Crippen LogP contribution in [0.2, 0.25) is 5.02 Å². The highest BCUT2D eigenvalue weighted by Gasteiger charge is 2.39. The van der Waals surface area contributed by atoms with Gasteiger partial charge in [0.1, 0.15) is 0 Å². The van der Waals surface area contributed by atoms with Gasteiger partial charge in [0.2, 0.25) is 11.8 Å². The maximum Gasteiger partial charge on any atom is 0.225 e. The predicted molar refractivity (Wildman–Crippen MR) is 100 cm³/mol. The van der Waals surface area contributed by atoms with E-state index in [-0.39, 0.29) is 23.8 Å². The van der Waals surface area contributed by atoms with E-state index >= 15 is 0 Å². The number of nitrogens with one attached hydrogen (secondary N) is 1. The number of halogens is 1. The minimum absolute atomic E-state index is 0.0438. The highest BCUT2D eigenvalue weighted by molar-refractivity contribution is 6.30. The average molecular weight is 372 g/mol. The lowest BCUT2D eigenvalue weighted by Crippen LogP contribution is -2.47. The van der Waals surface area contributed by atoms with Crippen LogP contribution < -0.4 is 5.32 Å². The second-order valence-corrected chi connectivity index (χ2v) is 6.83. The number of hydrogen-bond donors (Lipinski definition) is 1. The van der Waals surface area contributed by atoms with Gasteiger partial charge in [0, 0.05) is 36.9 Å². The Morgan fingerprint density at radius 3 is 2.77 bits per heavy atom. The molecular weight excluding hydrogens is 350 g/mol. The van der Waals surface area contributed by atoms with Gasteiger partial charge in [-0.25, -0.2) is 0 Å². The third-order valence-corrected chi connectivity index (χ3v) is 5.03. The molecule has 6 heteroatoms. The van der Waals surface area contributed by atoms with Crippen molar-refractivity contribution < 1.29 is 9.59 Å². The lowest BCUT2D eigenvalue weighted by molar-refractivity contribution is -0.143. The third kappa shape index (κ3) is 4.05. The second-order valence-electron chi connectivity index (χ2n) is 6.40. The number of carbonyl (C=O) groups is 2. The molecule has 2 aromatic rings. The zero-order chi connectivity index (χ0) is 18.5. The highest BCUT2D eigenvalue weighted by Crippen LogP contribution is 2.37. The summed E-state index contributed by atoms with van der Waals surface area (Å²) in [6, 6.07) is 10.9. The van der Waals surface area contributed by atoms with Crippen molar-refractivity contribution in [2.45, 2.75) is 32.4 Å². The van der Waals surface area contributed by atoms with E-state index in [1.807, 2.05) is 37.3 Å². The summed E-state index contributed by atoms with van der Waals surface area (Å²) >= 11 is 6.15. The zero-order valence-electron chi connectivity index (χ0n) is 14.7. The number of benzene rings is 1. The Bertz CT molecular complexity index is 782. The number of nitrogens with zero attached hydrogens (tertiary/aromatic N) is 2. The third-order valence-electron chi connectivity index (χ3n) is 4.79. The number of carbonyl (C=O) groups excluding carboxylic acids is 2. The largest absolute Gasteiger partial charge is 0.352 e. The summed E-state index contributed by atoms with van der Waals surface area (Å²) in [6.45, 7) is 2.94. The van der Waals surface area contributed by atoms with Crippen LogP contribution in [0.4, 0.5) is 0 Å². The maximum absolute atomic E-state index is 12.9. The normalized spacial score (nSPS) is 20.1. The van der Waals surface area contributed by atoms with Crippen LogP contribution in [-0.4, -0.2) is 28.2 Å². The molecule has 1 aromatic carbocycles. The van der Waals surface area contributed by atoms with Gasteiger partial charge in [0.05, 0.1) is 12.0 Å². The number of amides is 2. The lowest BCUT2D eigenvalue weighted by Gasteiger charge is -2.40. The van der Waals surface area contributed by atoms with Crippen LogP contribution >= 0.6 is 11.6 Å². The molecule has 1 N–H and O–H groups in total. The molecule has 0 aliphatic carbocycles. The molecule has 0 radical (unpaired) electrons. The van der Waals surface area contributed by atoms with Gasteiger partial charge in [-0.2, -0.15) is 0 Å². The Kier molecular flexibility index (Phi) is 5.89. The molecule has 0 spiro atoms. The fourth-order valence-electron chi connectivity index (χ4n) is 3.52. The van der Waals surface area contributed by atoms with Crippen LogP contribution in [0, 0.1) is 5.92 Å². The summed E-state index contributed by atoms with van der Waals surface area (Å²) < 4.78 is 0. The van der Waals surface area contributed by atoms with E-state index in [0.29, 0.717) is 31.0 Å². The fourth-order valence-corrected chi connectivity index (χ4v) is 3.72. The SMILES string of the molecule is CCN1C(=O)CC[C@@H](C(=O)NCc2ccncc2)[C@@H]1c1cccc(Cl)c1. The Morgan fingerprint density at radius 1 is 1.31 bits per heavy atom. The minimum Gasteiger partial charge on any atom is -0.352 e. The Morgan fingerprint density at radius 2 is 2.08 bits per heavy atom. The van der Waals surface area contributed by atoms with Crippen LogP contribution in [0.5, 0.6) is 0 Å². The van der Waals surface area contributed by atoms with Crippen LogP contribution in [0.1, 0.15) is 36.9 Å².